The van der Waals surface area contributed by atoms with Crippen molar-refractivity contribution in [2.45, 2.75) is 26.7 Å². The summed E-state index contributed by atoms with van der Waals surface area (Å²) in [6.07, 6.45) is 2.78. The molecule has 0 bridgehead atoms. The molecule has 0 aromatic heterocycles. The lowest BCUT2D eigenvalue weighted by Gasteiger charge is -2.26. The normalized spacial score (nSPS) is 33.0. The molecule has 0 amide bonds. The maximum absolute atomic E-state index is 3.44. The predicted molar refractivity (Wildman–Crippen MR) is 47.7 cm³/mol. The Hall–Kier alpha value is 0.250. The maximum atomic E-state index is 3.44. The average Bonchev–Trinajstić information content (AvgIpc) is 1.88. The van der Waals surface area contributed by atoms with Crippen molar-refractivity contribution < 1.29 is 0 Å². The SMILES string of the molecule is CC[C@@H]1CNC[C@@H](C)C1.Cl. The predicted octanol–water partition coefficient (Wildman–Crippen LogP) is 2.06. The number of halogens is 1. The molecule has 0 aliphatic carbocycles. The highest BCUT2D eigenvalue weighted by Gasteiger charge is 2.15. The Kier molecular flexibility index (Phi) is 5.10. The minimum atomic E-state index is 0. The lowest BCUT2D eigenvalue weighted by atomic mass is 9.90. The van der Waals surface area contributed by atoms with Crippen LogP contribution in [-0.4, -0.2) is 13.1 Å². The fourth-order valence-corrected chi connectivity index (χ4v) is 1.58. The van der Waals surface area contributed by atoms with E-state index in [0.29, 0.717) is 0 Å². The van der Waals surface area contributed by atoms with Crippen LogP contribution in [0, 0.1) is 11.8 Å². The van der Waals surface area contributed by atoms with Gasteiger partial charge in [-0.15, -0.1) is 12.4 Å². The van der Waals surface area contributed by atoms with E-state index in [9.17, 15) is 0 Å². The van der Waals surface area contributed by atoms with E-state index < -0.39 is 0 Å². The van der Waals surface area contributed by atoms with E-state index in [2.05, 4.69) is 19.2 Å². The maximum Gasteiger partial charge on any atom is -0.00204 e. The lowest BCUT2D eigenvalue weighted by Crippen LogP contribution is -2.34. The van der Waals surface area contributed by atoms with Crippen molar-refractivity contribution in [3.63, 3.8) is 0 Å². The van der Waals surface area contributed by atoms with Crippen LogP contribution in [0.5, 0.6) is 0 Å². The first-order valence-electron chi connectivity index (χ1n) is 4.03. The first-order valence-corrected chi connectivity index (χ1v) is 4.03. The van der Waals surface area contributed by atoms with Gasteiger partial charge in [0.1, 0.15) is 0 Å². The topological polar surface area (TPSA) is 12.0 Å². The second-order valence-electron chi connectivity index (χ2n) is 3.27. The third-order valence-electron chi connectivity index (χ3n) is 2.24. The van der Waals surface area contributed by atoms with Crippen LogP contribution in [0.1, 0.15) is 26.7 Å². The first kappa shape index (κ1) is 10.2. The van der Waals surface area contributed by atoms with Crippen molar-refractivity contribution in [3.05, 3.63) is 0 Å². The van der Waals surface area contributed by atoms with Crippen LogP contribution in [-0.2, 0) is 0 Å². The van der Waals surface area contributed by atoms with Crippen molar-refractivity contribution in [2.24, 2.45) is 11.8 Å². The summed E-state index contributed by atoms with van der Waals surface area (Å²) in [4.78, 5) is 0. The lowest BCUT2D eigenvalue weighted by molar-refractivity contribution is 0.296. The van der Waals surface area contributed by atoms with Gasteiger partial charge in [-0.2, -0.15) is 0 Å². The molecule has 10 heavy (non-hydrogen) atoms. The van der Waals surface area contributed by atoms with Crippen LogP contribution >= 0.6 is 12.4 Å². The molecule has 2 atom stereocenters. The number of rotatable bonds is 1. The summed E-state index contributed by atoms with van der Waals surface area (Å²) in [6, 6.07) is 0. The summed E-state index contributed by atoms with van der Waals surface area (Å²) in [5.74, 6) is 1.86. The number of nitrogens with one attached hydrogen (secondary N) is 1. The van der Waals surface area contributed by atoms with Gasteiger partial charge in [0.05, 0.1) is 0 Å². The molecular weight excluding hydrogens is 146 g/mol. The van der Waals surface area contributed by atoms with Crippen LogP contribution in [0.4, 0.5) is 0 Å². The Morgan fingerprint density at radius 3 is 2.50 bits per heavy atom. The quantitative estimate of drug-likeness (QED) is 0.624. The molecule has 0 saturated carbocycles. The van der Waals surface area contributed by atoms with E-state index >= 15 is 0 Å². The highest BCUT2D eigenvalue weighted by Crippen LogP contribution is 2.17. The van der Waals surface area contributed by atoms with Gasteiger partial charge in [-0.1, -0.05) is 20.3 Å². The molecule has 2 heteroatoms. The van der Waals surface area contributed by atoms with Gasteiger partial charge in [0.2, 0.25) is 0 Å². The third-order valence-corrected chi connectivity index (χ3v) is 2.24. The van der Waals surface area contributed by atoms with Gasteiger partial charge in [0.25, 0.3) is 0 Å². The summed E-state index contributed by atoms with van der Waals surface area (Å²) < 4.78 is 0. The molecule has 1 rings (SSSR count). The number of piperidine rings is 1. The number of hydrogen-bond acceptors (Lipinski definition) is 1. The van der Waals surface area contributed by atoms with E-state index in [4.69, 9.17) is 0 Å². The van der Waals surface area contributed by atoms with Crippen LogP contribution in [0.15, 0.2) is 0 Å². The Morgan fingerprint density at radius 1 is 1.40 bits per heavy atom. The summed E-state index contributed by atoms with van der Waals surface area (Å²) in [6.45, 7) is 7.09. The Morgan fingerprint density at radius 2 is 2.10 bits per heavy atom. The largest absolute Gasteiger partial charge is 0.316 e. The fraction of sp³-hybridized carbons (Fsp3) is 1.00. The average molecular weight is 164 g/mol. The molecule has 0 aromatic carbocycles. The van der Waals surface area contributed by atoms with Crippen LogP contribution < -0.4 is 5.32 Å². The minimum Gasteiger partial charge on any atom is -0.316 e. The first-order chi connectivity index (χ1) is 4.33. The molecule has 1 nitrogen and oxygen atoms in total. The molecule has 1 aliphatic heterocycles. The van der Waals surface area contributed by atoms with E-state index in [-0.39, 0.29) is 12.4 Å². The van der Waals surface area contributed by atoms with Crippen molar-refractivity contribution >= 4 is 12.4 Å². The van der Waals surface area contributed by atoms with Crippen molar-refractivity contribution in [1.82, 2.24) is 5.32 Å². The van der Waals surface area contributed by atoms with Gasteiger partial charge in [-0.3, -0.25) is 0 Å². The highest BCUT2D eigenvalue weighted by atomic mass is 35.5. The standard InChI is InChI=1S/C8H17N.ClH/c1-3-8-4-7(2)5-9-6-8;/h7-9H,3-6H2,1-2H3;1H/t7-,8-;/m0./s1. The van der Waals surface area contributed by atoms with Crippen molar-refractivity contribution in [2.75, 3.05) is 13.1 Å². The van der Waals surface area contributed by atoms with Gasteiger partial charge in [0.15, 0.2) is 0 Å². The monoisotopic (exact) mass is 163 g/mol. The zero-order valence-corrected chi connectivity index (χ0v) is 7.71. The summed E-state index contributed by atoms with van der Waals surface area (Å²) >= 11 is 0. The molecule has 0 spiro atoms. The van der Waals surface area contributed by atoms with E-state index in [1.54, 1.807) is 0 Å². The molecule has 1 aliphatic rings. The van der Waals surface area contributed by atoms with Crippen LogP contribution in [0.25, 0.3) is 0 Å². The van der Waals surface area contributed by atoms with Gasteiger partial charge in [-0.25, -0.2) is 0 Å². The number of hydrogen-bond donors (Lipinski definition) is 1. The van der Waals surface area contributed by atoms with Crippen LogP contribution in [0.2, 0.25) is 0 Å². The summed E-state index contributed by atoms with van der Waals surface area (Å²) in [5.41, 5.74) is 0. The van der Waals surface area contributed by atoms with Gasteiger partial charge in [-0.05, 0) is 31.3 Å². The van der Waals surface area contributed by atoms with Crippen molar-refractivity contribution in [1.29, 1.82) is 0 Å². The fourth-order valence-electron chi connectivity index (χ4n) is 1.58. The van der Waals surface area contributed by atoms with E-state index in [1.807, 2.05) is 0 Å². The zero-order chi connectivity index (χ0) is 6.69. The smallest absolute Gasteiger partial charge is 0.00204 e. The molecule has 0 radical (unpaired) electrons. The molecule has 1 fully saturated rings. The molecule has 0 aromatic rings. The molecule has 1 saturated heterocycles. The molecule has 1 N–H and O–H groups in total. The van der Waals surface area contributed by atoms with Gasteiger partial charge >= 0.3 is 0 Å². The minimum absolute atomic E-state index is 0. The Balaban J connectivity index is 0.000000810. The Bertz CT molecular complexity index is 85.3. The van der Waals surface area contributed by atoms with E-state index in [0.717, 1.165) is 11.8 Å². The molecule has 62 valence electrons. The second kappa shape index (κ2) is 4.97. The van der Waals surface area contributed by atoms with Crippen molar-refractivity contribution in [3.8, 4) is 0 Å². The Labute approximate surface area is 70.0 Å². The zero-order valence-electron chi connectivity index (χ0n) is 6.89. The van der Waals surface area contributed by atoms with E-state index in [1.165, 1.54) is 25.9 Å². The van der Waals surface area contributed by atoms with Crippen LogP contribution in [0.3, 0.4) is 0 Å². The van der Waals surface area contributed by atoms with Gasteiger partial charge in [0, 0.05) is 0 Å². The molecular formula is C8H18ClN. The summed E-state index contributed by atoms with van der Waals surface area (Å²) in [5, 5.41) is 3.44. The highest BCUT2D eigenvalue weighted by molar-refractivity contribution is 5.85. The molecule has 1 heterocycles. The second-order valence-corrected chi connectivity index (χ2v) is 3.27. The third kappa shape index (κ3) is 2.89. The molecule has 0 unspecified atom stereocenters. The van der Waals surface area contributed by atoms with Gasteiger partial charge < -0.3 is 5.32 Å². The summed E-state index contributed by atoms with van der Waals surface area (Å²) in [7, 11) is 0.